The zero-order valence-electron chi connectivity index (χ0n) is 20.7. The molecule has 1 unspecified atom stereocenters. The van der Waals surface area contributed by atoms with Crippen molar-refractivity contribution in [1.82, 2.24) is 0 Å². The average Bonchev–Trinajstić information content (AvgIpc) is 3.45. The molecule has 1 atom stereocenters. The number of nitrogens with zero attached hydrogens (tertiary/aromatic N) is 2. The quantitative estimate of drug-likeness (QED) is 0.285. The molecule has 2 aliphatic heterocycles. The number of ketones is 1. The van der Waals surface area contributed by atoms with E-state index >= 15 is 0 Å². The van der Waals surface area contributed by atoms with Crippen LogP contribution in [0, 0.1) is 6.92 Å². The van der Waals surface area contributed by atoms with Crippen molar-refractivity contribution in [2.75, 3.05) is 37.8 Å². The molecule has 0 aliphatic carbocycles. The first-order valence-corrected chi connectivity index (χ1v) is 11.9. The number of rotatable bonds is 5. The van der Waals surface area contributed by atoms with Crippen LogP contribution in [0.4, 0.5) is 11.4 Å². The summed E-state index contributed by atoms with van der Waals surface area (Å²) in [6, 6.07) is 14.9. The summed E-state index contributed by atoms with van der Waals surface area (Å²) >= 11 is 6.38. The van der Waals surface area contributed by atoms with Gasteiger partial charge in [-0.3, -0.25) is 14.5 Å². The number of carbonyl (C=O) groups excluding carboxylic acids is 2. The molecule has 3 aromatic carbocycles. The Morgan fingerprint density at radius 2 is 1.76 bits per heavy atom. The van der Waals surface area contributed by atoms with Crippen LogP contribution in [0.15, 0.2) is 60.2 Å². The van der Waals surface area contributed by atoms with E-state index in [1.807, 2.05) is 50.2 Å². The normalized spacial score (nSPS) is 17.9. The Bertz CT molecular complexity index is 1450. The lowest BCUT2D eigenvalue weighted by atomic mass is 9.94. The lowest BCUT2D eigenvalue weighted by Gasteiger charge is -2.26. The van der Waals surface area contributed by atoms with Gasteiger partial charge in [-0.05, 0) is 54.4 Å². The van der Waals surface area contributed by atoms with Crippen molar-refractivity contribution < 1.29 is 28.9 Å². The first-order valence-electron chi connectivity index (χ1n) is 11.5. The second kappa shape index (κ2) is 9.37. The van der Waals surface area contributed by atoms with Gasteiger partial charge in [0.2, 0.25) is 6.79 Å². The van der Waals surface area contributed by atoms with Gasteiger partial charge in [-0.1, -0.05) is 23.7 Å². The van der Waals surface area contributed by atoms with Gasteiger partial charge in [0.25, 0.3) is 11.7 Å². The fraction of sp³-hybridized carbons (Fsp3) is 0.214. The van der Waals surface area contributed by atoms with E-state index in [1.54, 1.807) is 30.3 Å². The molecule has 8 nitrogen and oxygen atoms in total. The maximum atomic E-state index is 13.5. The van der Waals surface area contributed by atoms with E-state index in [4.69, 9.17) is 25.8 Å². The van der Waals surface area contributed by atoms with Crippen LogP contribution in [0.5, 0.6) is 17.2 Å². The number of halogens is 1. The molecule has 0 spiro atoms. The molecule has 2 heterocycles. The van der Waals surface area contributed by atoms with E-state index in [0.717, 1.165) is 11.3 Å². The minimum atomic E-state index is -0.916. The maximum Gasteiger partial charge on any atom is 0.300 e. The van der Waals surface area contributed by atoms with Crippen LogP contribution < -0.4 is 24.0 Å². The van der Waals surface area contributed by atoms with Gasteiger partial charge in [0.05, 0.1) is 29.3 Å². The van der Waals surface area contributed by atoms with Crippen LogP contribution in [0.2, 0.25) is 5.02 Å². The number of carbonyl (C=O) groups is 2. The Morgan fingerprint density at radius 1 is 1.05 bits per heavy atom. The Morgan fingerprint density at radius 3 is 2.43 bits per heavy atom. The van der Waals surface area contributed by atoms with Gasteiger partial charge in [0.1, 0.15) is 11.5 Å². The van der Waals surface area contributed by atoms with Crippen molar-refractivity contribution in [3.8, 4) is 17.2 Å². The van der Waals surface area contributed by atoms with Gasteiger partial charge in [-0.25, -0.2) is 0 Å². The third-order valence-corrected chi connectivity index (χ3v) is 6.73. The largest absolute Gasteiger partial charge is 0.507 e. The fourth-order valence-electron chi connectivity index (χ4n) is 4.66. The van der Waals surface area contributed by atoms with Crippen molar-refractivity contribution in [1.29, 1.82) is 0 Å². The number of methoxy groups -OCH3 is 1. The predicted octanol–water partition coefficient (Wildman–Crippen LogP) is 5.08. The molecular weight excluding hydrogens is 496 g/mol. The minimum Gasteiger partial charge on any atom is -0.507 e. The number of benzene rings is 3. The molecule has 0 saturated carbocycles. The van der Waals surface area contributed by atoms with Gasteiger partial charge in [-0.2, -0.15) is 0 Å². The zero-order chi connectivity index (χ0) is 26.4. The summed E-state index contributed by atoms with van der Waals surface area (Å²) in [5, 5.41) is 11.8. The first kappa shape index (κ1) is 24.5. The van der Waals surface area contributed by atoms with E-state index in [9.17, 15) is 14.7 Å². The summed E-state index contributed by atoms with van der Waals surface area (Å²) in [7, 11) is 5.26. The number of aliphatic hydroxyl groups is 1. The summed E-state index contributed by atoms with van der Waals surface area (Å²) < 4.78 is 16.4. The van der Waals surface area contributed by atoms with E-state index in [1.165, 1.54) is 12.0 Å². The highest BCUT2D eigenvalue weighted by Gasteiger charge is 2.47. The van der Waals surface area contributed by atoms with E-state index in [-0.39, 0.29) is 34.5 Å². The molecule has 37 heavy (non-hydrogen) atoms. The third-order valence-electron chi connectivity index (χ3n) is 6.45. The van der Waals surface area contributed by atoms with Crippen LogP contribution in [0.3, 0.4) is 0 Å². The highest BCUT2D eigenvalue weighted by atomic mass is 35.5. The predicted molar refractivity (Wildman–Crippen MR) is 141 cm³/mol. The van der Waals surface area contributed by atoms with E-state index in [2.05, 4.69) is 0 Å². The molecule has 0 bridgehead atoms. The lowest BCUT2D eigenvalue weighted by Crippen LogP contribution is -2.29. The van der Waals surface area contributed by atoms with Crippen molar-refractivity contribution >= 4 is 40.4 Å². The standard InChI is InChI=1S/C28H25ClN2O6/c1-15-11-19(27(35-4)20(29)12-15)25(32)23-24(16-5-7-17(8-6-16)30(2)3)31(28(34)26(23)33)18-9-10-21-22(13-18)37-14-36-21/h5-13,24,32H,14H2,1-4H3/b25-23+. The van der Waals surface area contributed by atoms with E-state index < -0.39 is 17.7 Å². The second-order valence-corrected chi connectivity index (χ2v) is 9.43. The minimum absolute atomic E-state index is 0.0692. The molecule has 0 radical (unpaired) electrons. The number of amides is 1. The Balaban J connectivity index is 1.74. The molecule has 3 aromatic rings. The molecule has 1 saturated heterocycles. The smallest absolute Gasteiger partial charge is 0.300 e. The number of ether oxygens (including phenoxy) is 3. The van der Waals surface area contributed by atoms with Gasteiger partial charge in [0.15, 0.2) is 11.5 Å². The SMILES string of the molecule is COc1c(Cl)cc(C)cc1/C(O)=C1\C(=O)C(=O)N(c2ccc3c(c2)OCO3)C1c1ccc(N(C)C)cc1. The van der Waals surface area contributed by atoms with Crippen molar-refractivity contribution in [2.24, 2.45) is 0 Å². The highest BCUT2D eigenvalue weighted by Crippen LogP contribution is 2.46. The van der Waals surface area contributed by atoms with Crippen molar-refractivity contribution in [2.45, 2.75) is 13.0 Å². The molecule has 9 heteroatoms. The average molecular weight is 521 g/mol. The van der Waals surface area contributed by atoms with Gasteiger partial charge < -0.3 is 24.2 Å². The fourth-order valence-corrected chi connectivity index (χ4v) is 5.01. The summed E-state index contributed by atoms with van der Waals surface area (Å²) in [6.45, 7) is 1.88. The zero-order valence-corrected chi connectivity index (χ0v) is 21.5. The lowest BCUT2D eigenvalue weighted by molar-refractivity contribution is -0.132. The van der Waals surface area contributed by atoms with Gasteiger partial charge in [0, 0.05) is 31.5 Å². The van der Waals surface area contributed by atoms with Crippen molar-refractivity contribution in [3.05, 3.63) is 81.9 Å². The number of aliphatic hydroxyl groups excluding tert-OH is 1. The van der Waals surface area contributed by atoms with Gasteiger partial charge in [-0.15, -0.1) is 0 Å². The molecule has 0 aromatic heterocycles. The maximum absolute atomic E-state index is 13.5. The monoisotopic (exact) mass is 520 g/mol. The summed E-state index contributed by atoms with van der Waals surface area (Å²) in [5.74, 6) is -0.748. The van der Waals surface area contributed by atoms with E-state index in [0.29, 0.717) is 22.7 Å². The highest BCUT2D eigenvalue weighted by molar-refractivity contribution is 6.51. The van der Waals surface area contributed by atoms with Crippen LogP contribution in [-0.4, -0.2) is 44.8 Å². The number of hydrogen-bond acceptors (Lipinski definition) is 7. The molecule has 1 amide bonds. The topological polar surface area (TPSA) is 88.5 Å². The van der Waals surface area contributed by atoms with Crippen molar-refractivity contribution in [3.63, 3.8) is 0 Å². The number of anilines is 2. The second-order valence-electron chi connectivity index (χ2n) is 9.02. The van der Waals surface area contributed by atoms with Crippen LogP contribution in [-0.2, 0) is 9.59 Å². The third kappa shape index (κ3) is 4.13. The Labute approximate surface area is 219 Å². The molecule has 190 valence electrons. The number of Topliss-reactive ketones (excluding diaryl/α,β-unsaturated/α-hetero) is 1. The molecule has 5 rings (SSSR count). The molecule has 1 fully saturated rings. The Kier molecular flexibility index (Phi) is 6.21. The molecule has 1 N–H and O–H groups in total. The van der Waals surface area contributed by atoms with Crippen LogP contribution in [0.25, 0.3) is 5.76 Å². The molecule has 2 aliphatic rings. The number of fused-ring (bicyclic) bond motifs is 1. The summed E-state index contributed by atoms with van der Waals surface area (Å²) in [4.78, 5) is 30.3. The van der Waals surface area contributed by atoms with Gasteiger partial charge >= 0.3 is 0 Å². The molecular formula is C28H25ClN2O6. The number of hydrogen-bond donors (Lipinski definition) is 1. The summed E-state index contributed by atoms with van der Waals surface area (Å²) in [5.41, 5.74) is 2.93. The summed E-state index contributed by atoms with van der Waals surface area (Å²) in [6.07, 6.45) is 0. The first-order chi connectivity index (χ1) is 17.7. The van der Waals surface area contributed by atoms with Crippen LogP contribution in [0.1, 0.15) is 22.7 Å². The van der Waals surface area contributed by atoms with Crippen LogP contribution >= 0.6 is 11.6 Å². The number of aryl methyl sites for hydroxylation is 1. The Hall–Kier alpha value is -4.17.